The van der Waals surface area contributed by atoms with E-state index in [1.807, 2.05) is 12.1 Å². The van der Waals surface area contributed by atoms with E-state index in [4.69, 9.17) is 10.5 Å². The van der Waals surface area contributed by atoms with Gasteiger partial charge in [-0.05, 0) is 25.5 Å². The van der Waals surface area contributed by atoms with Gasteiger partial charge in [0.25, 0.3) is 0 Å². The Bertz CT molecular complexity index is 536. The third-order valence-electron chi connectivity index (χ3n) is 3.33. The Morgan fingerprint density at radius 2 is 2.41 bits per heavy atom. The van der Waals surface area contributed by atoms with Crippen LogP contribution >= 0.6 is 0 Å². The van der Waals surface area contributed by atoms with E-state index in [1.54, 1.807) is 6.20 Å². The molecule has 17 heavy (non-hydrogen) atoms. The average Bonchev–Trinajstić information content (AvgIpc) is 2.89. The van der Waals surface area contributed by atoms with Crippen LogP contribution in [0, 0.1) is 0 Å². The number of fused-ring (bicyclic) bond motifs is 1. The lowest BCUT2D eigenvalue weighted by atomic mass is 10.1. The number of nitrogen functional groups attached to an aromatic ring is 1. The molecule has 1 fully saturated rings. The van der Waals surface area contributed by atoms with Crippen LogP contribution in [0.5, 0.6) is 0 Å². The Labute approximate surface area is 99.3 Å². The third kappa shape index (κ3) is 1.82. The molecule has 0 amide bonds. The number of aromatic amines is 1. The minimum atomic E-state index is 0.229. The molecule has 0 radical (unpaired) electrons. The highest BCUT2D eigenvalue weighted by atomic mass is 16.5. The van der Waals surface area contributed by atoms with Gasteiger partial charge in [0.05, 0.1) is 35.2 Å². The monoisotopic (exact) mass is 232 g/mol. The van der Waals surface area contributed by atoms with E-state index in [0.29, 0.717) is 6.04 Å². The molecule has 0 bridgehead atoms. The van der Waals surface area contributed by atoms with Gasteiger partial charge in [-0.25, -0.2) is 0 Å². The molecular weight excluding hydrogens is 216 g/mol. The summed E-state index contributed by atoms with van der Waals surface area (Å²) in [7, 11) is 0. The molecular formula is C12H16N4O. The van der Waals surface area contributed by atoms with Crippen LogP contribution in [0.1, 0.15) is 13.3 Å². The summed E-state index contributed by atoms with van der Waals surface area (Å²) in [6, 6.07) is 4.27. The molecule has 0 aliphatic carbocycles. The van der Waals surface area contributed by atoms with Gasteiger partial charge in [0.15, 0.2) is 0 Å². The predicted molar refractivity (Wildman–Crippen MR) is 67.9 cm³/mol. The van der Waals surface area contributed by atoms with Crippen LogP contribution in [-0.2, 0) is 4.74 Å². The molecule has 5 nitrogen and oxygen atoms in total. The van der Waals surface area contributed by atoms with E-state index in [9.17, 15) is 0 Å². The number of hydrogen-bond acceptors (Lipinski definition) is 4. The molecule has 5 heteroatoms. The highest BCUT2D eigenvalue weighted by Crippen LogP contribution is 2.27. The van der Waals surface area contributed by atoms with E-state index in [0.717, 1.165) is 35.3 Å². The zero-order valence-corrected chi connectivity index (χ0v) is 9.73. The van der Waals surface area contributed by atoms with Crippen molar-refractivity contribution in [2.75, 3.05) is 17.7 Å². The number of nitrogens with one attached hydrogen (secondary N) is 2. The van der Waals surface area contributed by atoms with Crippen LogP contribution in [-0.4, -0.2) is 29.0 Å². The lowest BCUT2D eigenvalue weighted by Gasteiger charge is -2.18. The van der Waals surface area contributed by atoms with Gasteiger partial charge in [-0.15, -0.1) is 0 Å². The smallest absolute Gasteiger partial charge is 0.0748 e. The van der Waals surface area contributed by atoms with Crippen LogP contribution < -0.4 is 11.1 Å². The zero-order chi connectivity index (χ0) is 11.8. The quantitative estimate of drug-likeness (QED) is 0.689. The van der Waals surface area contributed by atoms with Gasteiger partial charge in [-0.3, -0.25) is 5.10 Å². The normalized spacial score (nSPS) is 24.3. The molecule has 1 aliphatic rings. The van der Waals surface area contributed by atoms with Gasteiger partial charge in [-0.2, -0.15) is 5.10 Å². The summed E-state index contributed by atoms with van der Waals surface area (Å²) < 4.78 is 5.53. The topological polar surface area (TPSA) is 76.0 Å². The van der Waals surface area contributed by atoms with Crippen molar-refractivity contribution in [2.24, 2.45) is 0 Å². The van der Waals surface area contributed by atoms with Crippen molar-refractivity contribution in [2.45, 2.75) is 25.5 Å². The first kappa shape index (κ1) is 10.4. The summed E-state index contributed by atoms with van der Waals surface area (Å²) in [4.78, 5) is 0. The molecule has 2 aromatic rings. The minimum absolute atomic E-state index is 0.229. The number of nitrogens with two attached hydrogens (primary N) is 1. The van der Waals surface area contributed by atoms with Crippen molar-refractivity contribution in [1.82, 2.24) is 10.2 Å². The summed E-state index contributed by atoms with van der Waals surface area (Å²) in [5, 5.41) is 11.4. The average molecular weight is 232 g/mol. The standard InChI is InChI=1S/C12H16N4O/c1-7-10(2-3-17-7)15-12-5-11-8(4-9(12)13)6-14-16-11/h4-7,10,15H,2-3,13H2,1H3,(H,14,16). The predicted octanol–water partition coefficient (Wildman–Crippen LogP) is 1.73. The maximum atomic E-state index is 6.02. The second-order valence-electron chi connectivity index (χ2n) is 4.51. The fraction of sp³-hybridized carbons (Fsp3) is 0.417. The molecule has 1 aromatic heterocycles. The van der Waals surface area contributed by atoms with Crippen molar-refractivity contribution in [3.05, 3.63) is 18.3 Å². The summed E-state index contributed by atoms with van der Waals surface area (Å²) in [6.45, 7) is 2.89. The number of aromatic nitrogens is 2. The number of nitrogens with zero attached hydrogens (tertiary/aromatic N) is 1. The van der Waals surface area contributed by atoms with Gasteiger partial charge in [0.2, 0.25) is 0 Å². The van der Waals surface area contributed by atoms with Crippen molar-refractivity contribution >= 4 is 22.3 Å². The Kier molecular flexibility index (Phi) is 2.40. The van der Waals surface area contributed by atoms with Crippen molar-refractivity contribution < 1.29 is 4.74 Å². The molecule has 2 heterocycles. The molecule has 90 valence electrons. The molecule has 2 atom stereocenters. The zero-order valence-electron chi connectivity index (χ0n) is 9.73. The lowest BCUT2D eigenvalue weighted by Crippen LogP contribution is -2.27. The minimum Gasteiger partial charge on any atom is -0.397 e. The molecule has 2 unspecified atom stereocenters. The van der Waals surface area contributed by atoms with Crippen molar-refractivity contribution in [3.8, 4) is 0 Å². The van der Waals surface area contributed by atoms with E-state index in [1.165, 1.54) is 0 Å². The Balaban J connectivity index is 1.91. The van der Waals surface area contributed by atoms with E-state index in [2.05, 4.69) is 22.4 Å². The fourth-order valence-corrected chi connectivity index (χ4v) is 2.26. The number of hydrogen-bond donors (Lipinski definition) is 3. The third-order valence-corrected chi connectivity index (χ3v) is 3.33. The van der Waals surface area contributed by atoms with Gasteiger partial charge in [-0.1, -0.05) is 0 Å². The number of ether oxygens (including phenoxy) is 1. The first-order chi connectivity index (χ1) is 8.24. The van der Waals surface area contributed by atoms with Crippen LogP contribution in [0.15, 0.2) is 18.3 Å². The van der Waals surface area contributed by atoms with Crippen LogP contribution in [0.25, 0.3) is 10.9 Å². The van der Waals surface area contributed by atoms with E-state index >= 15 is 0 Å². The van der Waals surface area contributed by atoms with E-state index in [-0.39, 0.29) is 6.10 Å². The van der Waals surface area contributed by atoms with Crippen LogP contribution in [0.2, 0.25) is 0 Å². The van der Waals surface area contributed by atoms with Crippen molar-refractivity contribution in [1.29, 1.82) is 0 Å². The number of benzene rings is 1. The maximum absolute atomic E-state index is 6.02. The largest absolute Gasteiger partial charge is 0.397 e. The van der Waals surface area contributed by atoms with Gasteiger partial charge in [0, 0.05) is 12.0 Å². The van der Waals surface area contributed by atoms with Gasteiger partial charge in [0.1, 0.15) is 0 Å². The lowest BCUT2D eigenvalue weighted by molar-refractivity contribution is 0.121. The summed E-state index contributed by atoms with van der Waals surface area (Å²) in [6.07, 6.45) is 3.02. The van der Waals surface area contributed by atoms with E-state index < -0.39 is 0 Å². The second kappa shape index (κ2) is 3.92. The summed E-state index contributed by atoms with van der Waals surface area (Å²) in [5.41, 5.74) is 8.71. The molecule has 4 N–H and O–H groups in total. The van der Waals surface area contributed by atoms with Crippen LogP contribution in [0.3, 0.4) is 0 Å². The Morgan fingerprint density at radius 3 is 3.18 bits per heavy atom. The molecule has 1 aliphatic heterocycles. The molecule has 0 saturated carbocycles. The molecule has 1 saturated heterocycles. The first-order valence-electron chi connectivity index (χ1n) is 5.85. The second-order valence-corrected chi connectivity index (χ2v) is 4.51. The number of H-pyrrole nitrogens is 1. The maximum Gasteiger partial charge on any atom is 0.0748 e. The number of rotatable bonds is 2. The van der Waals surface area contributed by atoms with Gasteiger partial charge >= 0.3 is 0 Å². The Hall–Kier alpha value is -1.75. The SMILES string of the molecule is CC1OCCC1Nc1cc2[nH]ncc2cc1N. The molecule has 3 rings (SSSR count). The molecule has 0 spiro atoms. The van der Waals surface area contributed by atoms with Crippen LogP contribution in [0.4, 0.5) is 11.4 Å². The number of anilines is 2. The highest BCUT2D eigenvalue weighted by molar-refractivity contribution is 5.88. The first-order valence-corrected chi connectivity index (χ1v) is 5.85. The summed E-state index contributed by atoms with van der Waals surface area (Å²) in [5.74, 6) is 0. The fourth-order valence-electron chi connectivity index (χ4n) is 2.26. The van der Waals surface area contributed by atoms with Crippen molar-refractivity contribution in [3.63, 3.8) is 0 Å². The molecule has 1 aromatic carbocycles. The summed E-state index contributed by atoms with van der Waals surface area (Å²) >= 11 is 0. The van der Waals surface area contributed by atoms with Gasteiger partial charge < -0.3 is 15.8 Å². The highest BCUT2D eigenvalue weighted by Gasteiger charge is 2.24. The Morgan fingerprint density at radius 1 is 1.53 bits per heavy atom.